The van der Waals surface area contributed by atoms with Crippen molar-refractivity contribution in [2.24, 2.45) is 5.92 Å². The predicted octanol–water partition coefficient (Wildman–Crippen LogP) is 8.78. The number of rotatable bonds is 23. The smallest absolute Gasteiger partial charge is 0.259 e. The van der Waals surface area contributed by atoms with Crippen molar-refractivity contribution in [2.75, 3.05) is 40.5 Å². The van der Waals surface area contributed by atoms with Crippen molar-refractivity contribution < 1.29 is 28.0 Å². The summed E-state index contributed by atoms with van der Waals surface area (Å²) in [6, 6.07) is 28.2. The molecule has 0 aromatic heterocycles. The number of hydrogen-bond acceptors (Lipinski definition) is 8. The van der Waals surface area contributed by atoms with Gasteiger partial charge in [-0.25, -0.2) is 11.2 Å². The lowest BCUT2D eigenvalue weighted by Crippen LogP contribution is -2.41. The van der Waals surface area contributed by atoms with Gasteiger partial charge >= 0.3 is 0 Å². The van der Waals surface area contributed by atoms with E-state index in [4.69, 9.17) is 54.6 Å². The van der Waals surface area contributed by atoms with Gasteiger partial charge in [0, 0.05) is 95.8 Å². The lowest BCUT2D eigenvalue weighted by Gasteiger charge is -2.39. The minimum Gasteiger partial charge on any atom is -0.497 e. The minimum atomic E-state index is -1.64. The average Bonchev–Trinajstić information content (AvgIpc) is 3.75. The van der Waals surface area contributed by atoms with Gasteiger partial charge in [0.2, 0.25) is 6.54 Å². The Morgan fingerprint density at radius 1 is 0.740 bits per heavy atom. The largest absolute Gasteiger partial charge is 0.497 e. The highest BCUT2D eigenvalue weighted by atomic mass is 32.1. The molecule has 1 saturated heterocycles. The van der Waals surface area contributed by atoms with Crippen LogP contribution in [0.5, 0.6) is 11.5 Å². The van der Waals surface area contributed by atoms with Crippen LogP contribution in [0.3, 0.4) is 0 Å². The molecule has 2 N–H and O–H groups in total. The van der Waals surface area contributed by atoms with Gasteiger partial charge in [-0.1, -0.05) is 72.7 Å². The van der Waals surface area contributed by atoms with Gasteiger partial charge in [-0.15, -0.1) is 0 Å². The Morgan fingerprint density at radius 3 is 1.74 bits per heavy atom. The number of methoxy groups -OCH3 is 2. The van der Waals surface area contributed by atoms with Crippen LogP contribution < -0.4 is 20.1 Å². The summed E-state index contributed by atoms with van der Waals surface area (Å²) >= 11 is 5.37. The van der Waals surface area contributed by atoms with Crippen molar-refractivity contribution in [3.63, 3.8) is 0 Å². The monoisotopic (exact) mass is 1050 g/mol. The van der Waals surface area contributed by atoms with Crippen LogP contribution in [0.2, 0.25) is 0 Å². The zero-order chi connectivity index (χ0) is 55.4. The molecule has 1 aliphatic rings. The van der Waals surface area contributed by atoms with Gasteiger partial charge in [-0.05, 0) is 161 Å². The van der Waals surface area contributed by atoms with Crippen LogP contribution in [0.4, 0.5) is 0 Å². The predicted molar refractivity (Wildman–Crippen MR) is 312 cm³/mol. The van der Waals surface area contributed by atoms with Crippen LogP contribution in [-0.4, -0.2) is 88.4 Å². The summed E-state index contributed by atoms with van der Waals surface area (Å²) in [6.07, 6.45) is 6.42. The number of benzene rings is 3. The number of allylic oxidation sites excluding steroid dienone is 2. The first kappa shape index (κ1) is 61.6. The average molecular weight is 1060 g/mol. The second-order valence-corrected chi connectivity index (χ2v) is 18.7. The van der Waals surface area contributed by atoms with Gasteiger partial charge in [0.1, 0.15) is 37.7 Å². The molecule has 1 heterocycles. The van der Waals surface area contributed by atoms with Crippen LogP contribution in [0.25, 0.3) is 4.85 Å². The van der Waals surface area contributed by atoms with Gasteiger partial charge < -0.3 is 38.2 Å². The second kappa shape index (κ2) is 36.1. The molecule has 1 fully saturated rings. The maximum Gasteiger partial charge on any atom is 0.259 e. The molecule has 3 aromatic rings. The highest BCUT2D eigenvalue weighted by Gasteiger charge is 2.47. The highest BCUT2D eigenvalue weighted by molar-refractivity contribution is 7.80. The molecule has 0 bridgehead atoms. The van der Waals surface area contributed by atoms with Gasteiger partial charge in [0.05, 0.1) is 26.9 Å². The van der Waals surface area contributed by atoms with Crippen LogP contribution in [0.15, 0.2) is 91.0 Å². The normalized spacial score (nSPS) is 15.0. The van der Waals surface area contributed by atoms with E-state index in [1.165, 1.54) is 0 Å². The Bertz CT molecular complexity index is 3090. The summed E-state index contributed by atoms with van der Waals surface area (Å²) in [7, 11) is 8.59. The molecule has 1 aliphatic heterocycles. The molecule has 0 amide bonds. The minimum absolute atomic E-state index is 0.0889. The molecule has 5 atom stereocenters. The fourth-order valence-corrected chi connectivity index (χ4v) is 9.70. The molecule has 2 radical (unpaired) electrons. The summed E-state index contributed by atoms with van der Waals surface area (Å²) < 4.78 is 41.0. The fraction of sp³-hybridized carbons (Fsp3) is 0.344. The van der Waals surface area contributed by atoms with Crippen molar-refractivity contribution in [2.45, 2.75) is 96.2 Å². The van der Waals surface area contributed by atoms with Crippen molar-refractivity contribution in [1.29, 1.82) is 0 Å². The third kappa shape index (κ3) is 21.3. The molecule has 2 unspecified atom stereocenters. The number of nitrogens with one attached hydrogen (secondary N) is 2. The first-order valence-corrected chi connectivity index (χ1v) is 26.3. The molecule has 3 aromatic carbocycles. The molecule has 4 rings (SSSR count). The summed E-state index contributed by atoms with van der Waals surface area (Å²) in [6.45, 7) is 18.8. The second-order valence-electron chi connectivity index (χ2n) is 16.9. The Kier molecular flexibility index (Phi) is 28.9. The van der Waals surface area contributed by atoms with Crippen molar-refractivity contribution >= 4 is 33.7 Å². The first-order chi connectivity index (χ1) is 37.6. The van der Waals surface area contributed by atoms with Gasteiger partial charge in [0.25, 0.3) is 8.53 Å². The summed E-state index contributed by atoms with van der Waals surface area (Å²) in [5, 5.41) is 6.40. The number of ether oxygens (including phenoxy) is 4. The van der Waals surface area contributed by atoms with E-state index in [0.29, 0.717) is 18.1 Å². The van der Waals surface area contributed by atoms with Crippen LogP contribution in [0.1, 0.15) is 77.0 Å². The molecule has 13 heteroatoms. The first-order valence-electron chi connectivity index (χ1n) is 24.8. The molecule has 0 aliphatic carbocycles. The molecule has 10 nitrogen and oxygen atoms in total. The lowest BCUT2D eigenvalue weighted by molar-refractivity contribution is -0.0717. The van der Waals surface area contributed by atoms with E-state index in [2.05, 4.69) is 191 Å². The van der Waals surface area contributed by atoms with Crippen LogP contribution in [0, 0.1) is 131 Å². The molecule has 77 heavy (non-hydrogen) atoms. The van der Waals surface area contributed by atoms with Crippen molar-refractivity contribution in [3.05, 3.63) is 119 Å². The Labute approximate surface area is 466 Å². The van der Waals surface area contributed by atoms with Gasteiger partial charge in [0.15, 0.2) is 5.11 Å². The zero-order valence-corrected chi connectivity index (χ0v) is 46.3. The van der Waals surface area contributed by atoms with Crippen LogP contribution >= 0.6 is 20.7 Å². The number of unbranched alkanes of at least 4 members (excludes halogenated alkanes) is 2. The summed E-state index contributed by atoms with van der Waals surface area (Å²) in [4.78, 5) is 3.55. The zero-order valence-electron chi connectivity index (χ0n) is 44.6. The molecular weight excluding hydrogens is 995 g/mol. The Hall–Kier alpha value is -7.93. The topological polar surface area (TPSA) is 87.0 Å². The van der Waals surface area contributed by atoms with E-state index in [0.717, 1.165) is 47.5 Å². The highest BCUT2D eigenvalue weighted by Crippen LogP contribution is 2.51. The van der Waals surface area contributed by atoms with E-state index in [9.17, 15) is 0 Å². The maximum absolute atomic E-state index is 7.45. The van der Waals surface area contributed by atoms with Gasteiger partial charge in [-0.2, -0.15) is 0 Å². The third-order valence-electron chi connectivity index (χ3n) is 11.1. The van der Waals surface area contributed by atoms with Crippen molar-refractivity contribution in [3.8, 4) is 130 Å². The number of nitrogens with zero attached hydrogens (tertiary/aromatic N) is 2. The van der Waals surface area contributed by atoms with Gasteiger partial charge in [-0.3, -0.25) is 5.32 Å². The number of thiocarbonyl (C=S) groups is 1. The summed E-state index contributed by atoms with van der Waals surface area (Å²) in [5.74, 6) is 50.0. The molecule has 386 valence electrons. The van der Waals surface area contributed by atoms with E-state index in [1.807, 2.05) is 66.7 Å². The molecule has 0 saturated carbocycles. The standard InChI is InChI=1S/C64H60BN4O6PS/c1-9-10-11-12-13-14-15-16-17-18-19-20-21-22-23-24-25-28-34-47-67-63(77)68-48-35-29-26-27-33-38-59-61(75-76(73-50-49-66-6)69(52(2)3)53(4)5)60(74-62(59)65)51-72-64(54-36-31-30-32-37-54,55-39-43-57(70-7)44-40-55)56-41-45-58(71-8)46-42-56/h27,30-33,36-37,39-46,52-53,59-62H,26,29,35,38,48-51H2,1-5,7-8H3,(H2,67,68,77)/b33-27+/t59?,60-,61-,62-,76?/m1/s1. The fourth-order valence-electron chi connectivity index (χ4n) is 7.75. The lowest BCUT2D eigenvalue weighted by atomic mass is 9.79. The van der Waals surface area contributed by atoms with Crippen molar-refractivity contribution in [1.82, 2.24) is 15.3 Å². The SMILES string of the molecule is [B][C@@H]1O[C@H](COC(c2ccccc2)(c2ccc(OC)cc2)c2ccc(OC)cc2)[C@H](OP(OCC[N+]#[C-])N(C(C)C)C(C)C)C1C/C=C/CCCCNC(=S)NC#CC#CC#CC#CC#CC#CC#CC#CC#CC#CC. The molecular formula is C64H60BN4O6PS. The summed E-state index contributed by atoms with van der Waals surface area (Å²) in [5.41, 5.74) is 1.60. The van der Waals surface area contributed by atoms with Crippen LogP contribution in [-0.2, 0) is 24.1 Å². The van der Waals surface area contributed by atoms with E-state index in [-0.39, 0.29) is 37.8 Å². The third-order valence-corrected chi connectivity index (χ3v) is 13.5. The quantitative estimate of drug-likeness (QED) is 0.0111. The van der Waals surface area contributed by atoms with E-state index in [1.54, 1.807) is 21.1 Å². The maximum atomic E-state index is 7.45. The van der Waals surface area contributed by atoms with E-state index >= 15 is 0 Å². The Balaban J connectivity index is 1.41. The van der Waals surface area contributed by atoms with E-state index < -0.39 is 32.3 Å². The Morgan fingerprint density at radius 2 is 1.25 bits per heavy atom. The molecule has 0 spiro atoms. The number of hydrogen-bond donors (Lipinski definition) is 2.